The largest absolute Gasteiger partial charge is 0.228 e. The predicted molar refractivity (Wildman–Crippen MR) is 43.9 cm³/mol. The summed E-state index contributed by atoms with van der Waals surface area (Å²) in [5.74, 6) is -0.0807. The molecule has 0 N–H and O–H groups in total. The topological polar surface area (TPSA) is 12.9 Å². The summed E-state index contributed by atoms with van der Waals surface area (Å²) < 4.78 is 12.7. The molecule has 3 heteroatoms. The van der Waals surface area contributed by atoms with Gasteiger partial charge < -0.3 is 0 Å². The second-order valence-electron chi connectivity index (χ2n) is 1.94. The van der Waals surface area contributed by atoms with Crippen LogP contribution in [0.5, 0.6) is 0 Å². The van der Waals surface area contributed by atoms with Crippen LogP contribution in [-0.2, 0) is 0 Å². The predicted octanol–water partition coefficient (Wildman–Crippen LogP) is 2.47. The van der Waals surface area contributed by atoms with Crippen molar-refractivity contribution in [1.29, 1.82) is 0 Å². The molecule has 0 atom stereocenters. The lowest BCUT2D eigenvalue weighted by molar-refractivity contribution is 0.581. The molecule has 1 aromatic rings. The monoisotopic (exact) mass is 171 g/mol. The van der Waals surface area contributed by atoms with Crippen molar-refractivity contribution in [1.82, 2.24) is 4.98 Å². The first-order valence-corrected chi connectivity index (χ1v) is 3.71. The van der Waals surface area contributed by atoms with Gasteiger partial charge >= 0.3 is 0 Å². The number of nitrogens with zero attached hydrogens (tertiary/aromatic N) is 1. The Morgan fingerprint density at radius 1 is 1.64 bits per heavy atom. The first kappa shape index (κ1) is 8.21. The number of hydrogen-bond acceptors (Lipinski definition) is 1. The molecule has 1 rings (SSSR count). The van der Waals surface area contributed by atoms with Gasteiger partial charge in [0.05, 0.1) is 0 Å². The second-order valence-corrected chi connectivity index (χ2v) is 2.25. The van der Waals surface area contributed by atoms with Crippen molar-refractivity contribution in [2.24, 2.45) is 0 Å². The zero-order valence-electron chi connectivity index (χ0n) is 5.80. The third-order valence-electron chi connectivity index (χ3n) is 1.17. The molecule has 0 aromatic carbocycles. The Morgan fingerprint density at radius 2 is 2.45 bits per heavy atom. The molecule has 1 nitrogen and oxygen atoms in total. The van der Waals surface area contributed by atoms with Gasteiger partial charge in [-0.15, -0.1) is 11.6 Å². The van der Waals surface area contributed by atoms with Gasteiger partial charge in [-0.1, -0.05) is 12.2 Å². The van der Waals surface area contributed by atoms with Gasteiger partial charge in [-0.3, -0.25) is 0 Å². The van der Waals surface area contributed by atoms with Crippen LogP contribution in [0.25, 0.3) is 6.08 Å². The summed E-state index contributed by atoms with van der Waals surface area (Å²) in [5, 5.41) is 0. The lowest BCUT2D eigenvalue weighted by Gasteiger charge is -1.91. The minimum Gasteiger partial charge on any atom is -0.228 e. The van der Waals surface area contributed by atoms with Crippen LogP contribution in [-0.4, -0.2) is 10.9 Å². The lowest BCUT2D eigenvalue weighted by Crippen LogP contribution is -1.84. The third-order valence-corrected chi connectivity index (χ3v) is 1.35. The first-order valence-electron chi connectivity index (χ1n) is 3.17. The van der Waals surface area contributed by atoms with Crippen molar-refractivity contribution in [3.63, 3.8) is 0 Å². The molecule has 0 spiro atoms. The van der Waals surface area contributed by atoms with Crippen LogP contribution in [0.3, 0.4) is 0 Å². The molecule has 1 aromatic heterocycles. The van der Waals surface area contributed by atoms with E-state index in [2.05, 4.69) is 4.98 Å². The van der Waals surface area contributed by atoms with E-state index >= 15 is 0 Å². The summed E-state index contributed by atoms with van der Waals surface area (Å²) in [6, 6.07) is 3.32. The highest BCUT2D eigenvalue weighted by atomic mass is 35.5. The van der Waals surface area contributed by atoms with Crippen molar-refractivity contribution in [3.05, 3.63) is 35.9 Å². The first-order chi connectivity index (χ1) is 5.34. The molecule has 0 saturated carbocycles. The molecule has 1 heterocycles. The molecule has 0 radical (unpaired) electrons. The van der Waals surface area contributed by atoms with E-state index in [0.717, 1.165) is 0 Å². The summed E-state index contributed by atoms with van der Waals surface area (Å²) >= 11 is 5.37. The van der Waals surface area contributed by atoms with E-state index < -0.39 is 5.95 Å². The summed E-state index contributed by atoms with van der Waals surface area (Å²) in [7, 11) is 0. The van der Waals surface area contributed by atoms with Crippen LogP contribution in [0.2, 0.25) is 0 Å². The summed E-state index contributed by atoms with van der Waals surface area (Å²) in [6.07, 6.45) is 4.68. The Bertz CT molecular complexity index is 260. The van der Waals surface area contributed by atoms with Crippen LogP contribution in [0.15, 0.2) is 24.4 Å². The molecule has 0 amide bonds. The molecular weight excluding hydrogens is 165 g/mol. The Labute approximate surface area is 69.5 Å². The maximum Gasteiger partial charge on any atom is 0.220 e. The zero-order valence-corrected chi connectivity index (χ0v) is 6.55. The Balaban J connectivity index is 2.86. The molecule has 0 saturated heterocycles. The molecule has 11 heavy (non-hydrogen) atoms. The second kappa shape index (κ2) is 4.09. The summed E-state index contributed by atoms with van der Waals surface area (Å²) in [4.78, 5) is 3.47. The van der Waals surface area contributed by atoms with Crippen molar-refractivity contribution < 1.29 is 4.39 Å². The fourth-order valence-electron chi connectivity index (χ4n) is 0.694. The van der Waals surface area contributed by atoms with E-state index in [4.69, 9.17) is 11.6 Å². The van der Waals surface area contributed by atoms with Crippen LogP contribution in [0.4, 0.5) is 4.39 Å². The molecule has 58 valence electrons. The highest BCUT2D eigenvalue weighted by Crippen LogP contribution is 2.04. The number of pyridine rings is 1. The quantitative estimate of drug-likeness (QED) is 0.492. The number of halogens is 2. The van der Waals surface area contributed by atoms with Gasteiger partial charge in [0.25, 0.3) is 0 Å². The molecule has 0 fully saturated rings. The van der Waals surface area contributed by atoms with Crippen LogP contribution < -0.4 is 0 Å². The van der Waals surface area contributed by atoms with E-state index in [1.807, 2.05) is 0 Å². The van der Waals surface area contributed by atoms with E-state index in [1.165, 1.54) is 6.20 Å². The van der Waals surface area contributed by atoms with Crippen LogP contribution >= 0.6 is 11.6 Å². The van der Waals surface area contributed by atoms with Crippen molar-refractivity contribution in [2.75, 3.05) is 5.88 Å². The van der Waals surface area contributed by atoms with Gasteiger partial charge in [0.1, 0.15) is 0 Å². The number of allylic oxidation sites excluding steroid dienone is 1. The standard InChI is InChI=1S/C8H7ClFN/c9-5-1-3-7-4-2-6-11-8(7)10/h1-4,6H,5H2. The molecule has 0 unspecified atom stereocenters. The third kappa shape index (κ3) is 2.31. The number of aromatic nitrogens is 1. The smallest absolute Gasteiger partial charge is 0.220 e. The van der Waals surface area contributed by atoms with Crippen molar-refractivity contribution in [3.8, 4) is 0 Å². The molecule has 0 aliphatic rings. The number of alkyl halides is 1. The fraction of sp³-hybridized carbons (Fsp3) is 0.125. The molecule has 0 aliphatic heterocycles. The highest BCUT2D eigenvalue weighted by Gasteiger charge is 1.94. The maximum atomic E-state index is 12.7. The van der Waals surface area contributed by atoms with Crippen molar-refractivity contribution in [2.45, 2.75) is 0 Å². The van der Waals surface area contributed by atoms with E-state index in [-0.39, 0.29) is 0 Å². The highest BCUT2D eigenvalue weighted by molar-refractivity contribution is 6.19. The van der Waals surface area contributed by atoms with Crippen LogP contribution in [0.1, 0.15) is 5.56 Å². The average Bonchev–Trinajstić information content (AvgIpc) is 2.03. The lowest BCUT2D eigenvalue weighted by atomic mass is 10.2. The van der Waals surface area contributed by atoms with Crippen LogP contribution in [0, 0.1) is 5.95 Å². The van der Waals surface area contributed by atoms with Gasteiger partial charge in [0, 0.05) is 17.6 Å². The minimum atomic E-state index is -0.464. The number of rotatable bonds is 2. The fourth-order valence-corrected chi connectivity index (χ4v) is 0.783. The average molecular weight is 172 g/mol. The Kier molecular flexibility index (Phi) is 3.05. The molecule has 0 bridgehead atoms. The summed E-state index contributed by atoms with van der Waals surface area (Å²) in [6.45, 7) is 0. The van der Waals surface area contributed by atoms with Gasteiger partial charge in [-0.05, 0) is 12.1 Å². The molecule has 0 aliphatic carbocycles. The van der Waals surface area contributed by atoms with E-state index in [9.17, 15) is 4.39 Å². The summed E-state index contributed by atoms with van der Waals surface area (Å²) in [5.41, 5.74) is 0.466. The van der Waals surface area contributed by atoms with Crippen molar-refractivity contribution >= 4 is 17.7 Å². The van der Waals surface area contributed by atoms with Gasteiger partial charge in [0.2, 0.25) is 5.95 Å². The maximum absolute atomic E-state index is 12.7. The minimum absolute atomic E-state index is 0.383. The van der Waals surface area contributed by atoms with Gasteiger partial charge in [-0.25, -0.2) is 4.98 Å². The van der Waals surface area contributed by atoms with E-state index in [0.29, 0.717) is 11.4 Å². The number of hydrogen-bond donors (Lipinski definition) is 0. The van der Waals surface area contributed by atoms with Gasteiger partial charge in [0.15, 0.2) is 0 Å². The van der Waals surface area contributed by atoms with E-state index in [1.54, 1.807) is 24.3 Å². The Hall–Kier alpha value is -0.890. The Morgan fingerprint density at radius 3 is 3.09 bits per heavy atom. The van der Waals surface area contributed by atoms with Gasteiger partial charge in [-0.2, -0.15) is 4.39 Å². The normalized spacial score (nSPS) is 10.7. The zero-order chi connectivity index (χ0) is 8.10. The SMILES string of the molecule is Fc1ncccc1C=CCCl. The molecular formula is C8H7ClFN.